The first-order valence-corrected chi connectivity index (χ1v) is 8.74. The van der Waals surface area contributed by atoms with Crippen LogP contribution in [0.25, 0.3) is 11.3 Å². The summed E-state index contributed by atoms with van der Waals surface area (Å²) in [6.07, 6.45) is 0. The zero-order chi connectivity index (χ0) is 19.4. The molecule has 0 saturated heterocycles. The maximum absolute atomic E-state index is 13.1. The van der Waals surface area contributed by atoms with Crippen LogP contribution in [0.3, 0.4) is 0 Å². The summed E-state index contributed by atoms with van der Waals surface area (Å²) < 4.78 is 13.1. The number of anilines is 1. The van der Waals surface area contributed by atoms with Crippen LogP contribution in [0, 0.1) is 24.1 Å². The van der Waals surface area contributed by atoms with Gasteiger partial charge in [-0.1, -0.05) is 38.1 Å². The molecule has 1 N–H and O–H groups in total. The van der Waals surface area contributed by atoms with E-state index in [2.05, 4.69) is 35.4 Å². The molecule has 0 aliphatic rings. The third-order valence-electron chi connectivity index (χ3n) is 4.59. The van der Waals surface area contributed by atoms with Crippen LogP contribution >= 0.6 is 0 Å². The first-order valence-electron chi connectivity index (χ1n) is 8.74. The van der Waals surface area contributed by atoms with E-state index < -0.39 is 0 Å². The van der Waals surface area contributed by atoms with E-state index in [4.69, 9.17) is 5.26 Å². The summed E-state index contributed by atoms with van der Waals surface area (Å²) in [5, 5.41) is 21.0. The highest BCUT2D eigenvalue weighted by molar-refractivity contribution is 5.65. The Morgan fingerprint density at radius 2 is 1.81 bits per heavy atom. The van der Waals surface area contributed by atoms with Crippen LogP contribution in [-0.2, 0) is 5.41 Å². The lowest BCUT2D eigenvalue weighted by molar-refractivity contribution is 0.552. The Labute approximate surface area is 158 Å². The Bertz CT molecular complexity index is 988. The third kappa shape index (κ3) is 4.29. The Kier molecular flexibility index (Phi) is 5.18. The summed E-state index contributed by atoms with van der Waals surface area (Å²) >= 11 is 0. The van der Waals surface area contributed by atoms with Crippen molar-refractivity contribution in [3.63, 3.8) is 0 Å². The van der Waals surface area contributed by atoms with Crippen molar-refractivity contribution in [3.05, 3.63) is 77.1 Å². The van der Waals surface area contributed by atoms with Crippen molar-refractivity contribution < 1.29 is 4.39 Å². The zero-order valence-electron chi connectivity index (χ0n) is 15.6. The molecule has 5 heteroatoms. The van der Waals surface area contributed by atoms with E-state index in [-0.39, 0.29) is 11.2 Å². The minimum atomic E-state index is -0.236. The lowest BCUT2D eigenvalue weighted by Gasteiger charge is -2.26. The Balaban J connectivity index is 1.76. The minimum Gasteiger partial charge on any atom is -0.368 e. The van der Waals surface area contributed by atoms with Gasteiger partial charge in [-0.05, 0) is 48.4 Å². The van der Waals surface area contributed by atoms with Crippen LogP contribution in [0.5, 0.6) is 0 Å². The van der Waals surface area contributed by atoms with Gasteiger partial charge in [0.1, 0.15) is 11.6 Å². The first-order chi connectivity index (χ1) is 12.9. The molecule has 0 saturated carbocycles. The van der Waals surface area contributed by atoms with Gasteiger partial charge >= 0.3 is 0 Å². The summed E-state index contributed by atoms with van der Waals surface area (Å²) in [6, 6.07) is 18.0. The second kappa shape index (κ2) is 7.55. The standard InChI is InChI=1S/C22H21FN4/c1-15-11-20(25-14-22(2,3)18-7-9-19(23)10-8-18)26-27-21(15)17-6-4-5-16(12-17)13-24/h4-12H,14H2,1-3H3,(H,25,26). The molecule has 0 amide bonds. The van der Waals surface area contributed by atoms with Gasteiger partial charge in [0.25, 0.3) is 0 Å². The van der Waals surface area contributed by atoms with Crippen LogP contribution < -0.4 is 5.32 Å². The van der Waals surface area contributed by atoms with Crippen LogP contribution in [0.2, 0.25) is 0 Å². The number of rotatable bonds is 5. The Hall–Kier alpha value is -3.26. The molecule has 0 aliphatic heterocycles. The second-order valence-electron chi connectivity index (χ2n) is 7.20. The van der Waals surface area contributed by atoms with Crippen LogP contribution in [-0.4, -0.2) is 16.7 Å². The van der Waals surface area contributed by atoms with E-state index in [0.717, 1.165) is 22.4 Å². The van der Waals surface area contributed by atoms with E-state index >= 15 is 0 Å². The molecule has 3 aromatic rings. The van der Waals surface area contributed by atoms with E-state index in [1.54, 1.807) is 18.2 Å². The van der Waals surface area contributed by atoms with Gasteiger partial charge in [-0.15, -0.1) is 10.2 Å². The van der Waals surface area contributed by atoms with Crippen molar-refractivity contribution in [1.82, 2.24) is 10.2 Å². The van der Waals surface area contributed by atoms with Gasteiger partial charge in [0.05, 0.1) is 17.3 Å². The van der Waals surface area contributed by atoms with Crippen LogP contribution in [0.15, 0.2) is 54.6 Å². The Morgan fingerprint density at radius 3 is 2.48 bits per heavy atom. The maximum Gasteiger partial charge on any atom is 0.148 e. The van der Waals surface area contributed by atoms with Crippen LogP contribution in [0.4, 0.5) is 10.2 Å². The average Bonchev–Trinajstić information content (AvgIpc) is 2.67. The van der Waals surface area contributed by atoms with Gasteiger partial charge in [0, 0.05) is 17.5 Å². The molecule has 2 aromatic carbocycles. The Morgan fingerprint density at radius 1 is 1.07 bits per heavy atom. The van der Waals surface area contributed by atoms with Crippen molar-refractivity contribution in [1.29, 1.82) is 5.26 Å². The predicted molar refractivity (Wildman–Crippen MR) is 105 cm³/mol. The fourth-order valence-electron chi connectivity index (χ4n) is 2.91. The quantitative estimate of drug-likeness (QED) is 0.706. The highest BCUT2D eigenvalue weighted by atomic mass is 19.1. The molecule has 0 aliphatic carbocycles. The number of hydrogen-bond acceptors (Lipinski definition) is 4. The number of halogens is 1. The van der Waals surface area contributed by atoms with E-state index in [9.17, 15) is 4.39 Å². The van der Waals surface area contributed by atoms with Crippen LogP contribution in [0.1, 0.15) is 30.5 Å². The van der Waals surface area contributed by atoms with Crippen molar-refractivity contribution >= 4 is 5.82 Å². The molecular formula is C22H21FN4. The van der Waals surface area contributed by atoms with Crippen molar-refractivity contribution in [3.8, 4) is 17.3 Å². The SMILES string of the molecule is Cc1cc(NCC(C)(C)c2ccc(F)cc2)nnc1-c1cccc(C#N)c1. The topological polar surface area (TPSA) is 61.6 Å². The molecule has 27 heavy (non-hydrogen) atoms. The molecular weight excluding hydrogens is 339 g/mol. The lowest BCUT2D eigenvalue weighted by atomic mass is 9.84. The molecule has 0 radical (unpaired) electrons. The van der Waals surface area contributed by atoms with E-state index in [1.807, 2.05) is 31.2 Å². The fourth-order valence-corrected chi connectivity index (χ4v) is 2.91. The highest BCUT2D eigenvalue weighted by Crippen LogP contribution is 2.26. The molecule has 0 bridgehead atoms. The fraction of sp³-hybridized carbons (Fsp3) is 0.227. The molecule has 0 atom stereocenters. The number of nitrogens with zero attached hydrogens (tertiary/aromatic N) is 3. The third-order valence-corrected chi connectivity index (χ3v) is 4.59. The maximum atomic E-state index is 13.1. The summed E-state index contributed by atoms with van der Waals surface area (Å²) in [5.74, 6) is 0.447. The van der Waals surface area contributed by atoms with Crippen molar-refractivity contribution in [2.75, 3.05) is 11.9 Å². The van der Waals surface area contributed by atoms with Gasteiger partial charge in [-0.2, -0.15) is 5.26 Å². The predicted octanol–water partition coefficient (Wildman–Crippen LogP) is 4.85. The smallest absolute Gasteiger partial charge is 0.148 e. The summed E-state index contributed by atoms with van der Waals surface area (Å²) in [7, 11) is 0. The molecule has 1 aromatic heterocycles. The lowest BCUT2D eigenvalue weighted by Crippen LogP contribution is -2.28. The number of benzene rings is 2. The molecule has 0 spiro atoms. The molecule has 0 fully saturated rings. The minimum absolute atomic E-state index is 0.191. The number of nitriles is 1. The zero-order valence-corrected chi connectivity index (χ0v) is 15.6. The molecule has 136 valence electrons. The number of aryl methyl sites for hydroxylation is 1. The number of hydrogen-bond donors (Lipinski definition) is 1. The largest absolute Gasteiger partial charge is 0.368 e. The van der Waals surface area contributed by atoms with Gasteiger partial charge in [0.15, 0.2) is 0 Å². The van der Waals surface area contributed by atoms with Gasteiger partial charge in [-0.3, -0.25) is 0 Å². The van der Waals surface area contributed by atoms with Gasteiger partial charge < -0.3 is 5.32 Å². The summed E-state index contributed by atoms with van der Waals surface area (Å²) in [5.41, 5.74) is 4.06. The molecule has 0 unspecified atom stereocenters. The number of nitrogens with one attached hydrogen (secondary N) is 1. The first kappa shape index (κ1) is 18.5. The normalized spacial score (nSPS) is 11.1. The summed E-state index contributed by atoms with van der Waals surface area (Å²) in [4.78, 5) is 0. The second-order valence-corrected chi connectivity index (χ2v) is 7.20. The van der Waals surface area contributed by atoms with E-state index in [0.29, 0.717) is 17.9 Å². The highest BCUT2D eigenvalue weighted by Gasteiger charge is 2.21. The van der Waals surface area contributed by atoms with Crippen molar-refractivity contribution in [2.45, 2.75) is 26.2 Å². The number of aromatic nitrogens is 2. The monoisotopic (exact) mass is 360 g/mol. The van der Waals surface area contributed by atoms with Gasteiger partial charge in [-0.25, -0.2) is 4.39 Å². The molecule has 3 rings (SSSR count). The van der Waals surface area contributed by atoms with Crippen molar-refractivity contribution in [2.24, 2.45) is 0 Å². The van der Waals surface area contributed by atoms with E-state index in [1.165, 1.54) is 12.1 Å². The summed E-state index contributed by atoms with van der Waals surface area (Å²) in [6.45, 7) is 6.79. The average molecular weight is 360 g/mol. The van der Waals surface area contributed by atoms with Gasteiger partial charge in [0.2, 0.25) is 0 Å². The molecule has 4 nitrogen and oxygen atoms in total. The molecule has 1 heterocycles.